The fourth-order valence-electron chi connectivity index (χ4n) is 2.59. The fourth-order valence-corrected chi connectivity index (χ4v) is 2.59. The van der Waals surface area contributed by atoms with Gasteiger partial charge >= 0.3 is 0 Å². The summed E-state index contributed by atoms with van der Waals surface area (Å²) in [5, 5.41) is 13.4. The average Bonchev–Trinajstić information content (AvgIpc) is 2.52. The number of guanidine groups is 1. The van der Waals surface area contributed by atoms with Crippen LogP contribution in [0.3, 0.4) is 0 Å². The average molecular weight is 304 g/mol. The molecule has 1 aromatic rings. The van der Waals surface area contributed by atoms with Gasteiger partial charge in [0.15, 0.2) is 5.96 Å². The number of para-hydroxylation sites is 2. The number of phenols is 1. The normalized spacial score (nSPS) is 16.3. The highest BCUT2D eigenvalue weighted by atomic mass is 16.3. The summed E-state index contributed by atoms with van der Waals surface area (Å²) in [5.41, 5.74) is 0.922. The molecule has 2 rings (SSSR count). The molecule has 0 bridgehead atoms. The van der Waals surface area contributed by atoms with E-state index in [9.17, 15) is 5.11 Å². The number of aromatic hydroxyl groups is 1. The maximum Gasteiger partial charge on any atom is 0.194 e. The van der Waals surface area contributed by atoms with Crippen LogP contribution >= 0.6 is 0 Å². The molecule has 0 atom stereocenters. The Morgan fingerprint density at radius 1 is 1.23 bits per heavy atom. The van der Waals surface area contributed by atoms with E-state index in [0.29, 0.717) is 11.7 Å². The van der Waals surface area contributed by atoms with E-state index < -0.39 is 0 Å². The van der Waals surface area contributed by atoms with Crippen molar-refractivity contribution in [2.45, 2.75) is 20.8 Å². The topological polar surface area (TPSA) is 51.1 Å². The molecule has 0 saturated carbocycles. The number of hydrogen-bond acceptors (Lipinski definition) is 3. The maximum absolute atomic E-state index is 9.98. The van der Waals surface area contributed by atoms with E-state index in [-0.39, 0.29) is 0 Å². The number of aliphatic imine (C=N–C) groups is 1. The third-order valence-electron chi connectivity index (χ3n) is 3.74. The quantitative estimate of drug-likeness (QED) is 0.661. The zero-order valence-electron chi connectivity index (χ0n) is 13.9. The van der Waals surface area contributed by atoms with Gasteiger partial charge in [-0.25, -0.2) is 0 Å². The summed E-state index contributed by atoms with van der Waals surface area (Å²) >= 11 is 0. The minimum Gasteiger partial charge on any atom is -0.506 e. The molecule has 5 heteroatoms. The summed E-state index contributed by atoms with van der Waals surface area (Å²) in [6.45, 7) is 11.8. The fraction of sp³-hybridized carbons (Fsp3) is 0.588. The number of nitrogens with zero attached hydrogens (tertiary/aromatic N) is 3. The number of rotatable bonds is 4. The number of piperazine rings is 1. The molecule has 1 aliphatic rings. The van der Waals surface area contributed by atoms with Gasteiger partial charge in [0.25, 0.3) is 0 Å². The first-order valence-electron chi connectivity index (χ1n) is 8.18. The standard InChI is InChI=1S/C17H28N4O/c1-4-18-17(19-13-14(2)3)21-11-9-20(10-12-21)15-7-5-6-8-16(15)22/h5-8,14,22H,4,9-13H2,1-3H3,(H,18,19). The summed E-state index contributed by atoms with van der Waals surface area (Å²) in [7, 11) is 0. The van der Waals surface area contributed by atoms with Crippen molar-refractivity contribution < 1.29 is 5.11 Å². The maximum atomic E-state index is 9.98. The monoisotopic (exact) mass is 304 g/mol. The van der Waals surface area contributed by atoms with Crippen LogP contribution in [0.1, 0.15) is 20.8 Å². The highest BCUT2D eigenvalue weighted by Crippen LogP contribution is 2.27. The zero-order valence-corrected chi connectivity index (χ0v) is 13.9. The van der Waals surface area contributed by atoms with Crippen LogP contribution in [0.5, 0.6) is 5.75 Å². The van der Waals surface area contributed by atoms with Crippen LogP contribution in [-0.2, 0) is 0 Å². The Morgan fingerprint density at radius 2 is 1.91 bits per heavy atom. The molecule has 0 aromatic heterocycles. The Balaban J connectivity index is 1.98. The molecule has 2 N–H and O–H groups in total. The second-order valence-corrected chi connectivity index (χ2v) is 6.05. The number of anilines is 1. The first-order chi connectivity index (χ1) is 10.6. The first kappa shape index (κ1) is 16.5. The van der Waals surface area contributed by atoms with Crippen LogP contribution in [-0.4, -0.2) is 55.2 Å². The van der Waals surface area contributed by atoms with Gasteiger partial charge in [0.05, 0.1) is 5.69 Å². The lowest BCUT2D eigenvalue weighted by Crippen LogP contribution is -2.52. The molecule has 0 unspecified atom stereocenters. The van der Waals surface area contributed by atoms with Crippen molar-refractivity contribution in [3.05, 3.63) is 24.3 Å². The van der Waals surface area contributed by atoms with E-state index in [1.165, 1.54) is 0 Å². The van der Waals surface area contributed by atoms with Crippen molar-refractivity contribution in [3.63, 3.8) is 0 Å². The van der Waals surface area contributed by atoms with Crippen LogP contribution < -0.4 is 10.2 Å². The Bertz CT molecular complexity index is 493. The molecular weight excluding hydrogens is 276 g/mol. The third kappa shape index (κ3) is 4.29. The minimum absolute atomic E-state index is 0.358. The summed E-state index contributed by atoms with van der Waals surface area (Å²) in [6, 6.07) is 7.55. The summed E-state index contributed by atoms with van der Waals surface area (Å²) in [5.74, 6) is 1.93. The highest BCUT2D eigenvalue weighted by molar-refractivity contribution is 5.80. The van der Waals surface area contributed by atoms with Crippen LogP contribution in [0.25, 0.3) is 0 Å². The molecule has 0 amide bonds. The largest absolute Gasteiger partial charge is 0.506 e. The van der Waals surface area contributed by atoms with Crippen LogP contribution in [0, 0.1) is 5.92 Å². The first-order valence-corrected chi connectivity index (χ1v) is 8.18. The predicted molar refractivity (Wildman–Crippen MR) is 92.7 cm³/mol. The predicted octanol–water partition coefficient (Wildman–Crippen LogP) is 2.14. The van der Waals surface area contributed by atoms with Gasteiger partial charge in [-0.2, -0.15) is 0 Å². The molecule has 0 spiro atoms. The lowest BCUT2D eigenvalue weighted by Gasteiger charge is -2.38. The van der Waals surface area contributed by atoms with Crippen LogP contribution in [0.4, 0.5) is 5.69 Å². The van der Waals surface area contributed by atoms with Gasteiger partial charge in [0, 0.05) is 39.3 Å². The summed E-state index contributed by atoms with van der Waals surface area (Å²) in [6.07, 6.45) is 0. The second kappa shape index (κ2) is 7.92. The molecule has 1 fully saturated rings. The van der Waals surface area contributed by atoms with Gasteiger partial charge < -0.3 is 20.2 Å². The molecule has 0 radical (unpaired) electrons. The van der Waals surface area contributed by atoms with Gasteiger partial charge in [-0.15, -0.1) is 0 Å². The Kier molecular flexibility index (Phi) is 5.92. The van der Waals surface area contributed by atoms with Gasteiger partial charge in [-0.3, -0.25) is 4.99 Å². The minimum atomic E-state index is 0.358. The smallest absolute Gasteiger partial charge is 0.194 e. The number of nitrogens with one attached hydrogen (secondary N) is 1. The lowest BCUT2D eigenvalue weighted by molar-refractivity contribution is 0.369. The molecular formula is C17H28N4O. The Hall–Kier alpha value is -1.91. The Labute approximate surface area is 133 Å². The van der Waals surface area contributed by atoms with Crippen molar-refractivity contribution in [2.24, 2.45) is 10.9 Å². The molecule has 1 saturated heterocycles. The van der Waals surface area contributed by atoms with E-state index in [4.69, 9.17) is 4.99 Å². The molecule has 22 heavy (non-hydrogen) atoms. The van der Waals surface area contributed by atoms with Crippen LogP contribution in [0.2, 0.25) is 0 Å². The molecule has 122 valence electrons. The van der Waals surface area contributed by atoms with E-state index in [1.54, 1.807) is 6.07 Å². The summed E-state index contributed by atoms with van der Waals surface area (Å²) < 4.78 is 0. The molecule has 1 aliphatic heterocycles. The van der Waals surface area contributed by atoms with Crippen LogP contribution in [0.15, 0.2) is 29.3 Å². The van der Waals surface area contributed by atoms with E-state index in [2.05, 4.69) is 35.9 Å². The van der Waals surface area contributed by atoms with Crippen molar-refractivity contribution in [1.29, 1.82) is 0 Å². The Morgan fingerprint density at radius 3 is 2.50 bits per heavy atom. The lowest BCUT2D eigenvalue weighted by atomic mass is 10.2. The zero-order chi connectivity index (χ0) is 15.9. The number of phenolic OH excluding ortho intramolecular Hbond substituents is 1. The molecule has 1 heterocycles. The van der Waals surface area contributed by atoms with Gasteiger partial charge in [0.1, 0.15) is 5.75 Å². The van der Waals surface area contributed by atoms with Crippen molar-refractivity contribution in [3.8, 4) is 5.75 Å². The van der Waals surface area contributed by atoms with Gasteiger partial charge in [0.2, 0.25) is 0 Å². The van der Waals surface area contributed by atoms with Gasteiger partial charge in [-0.1, -0.05) is 26.0 Å². The second-order valence-electron chi connectivity index (χ2n) is 6.05. The van der Waals surface area contributed by atoms with E-state index in [1.807, 2.05) is 18.2 Å². The molecule has 0 aliphatic carbocycles. The van der Waals surface area contributed by atoms with Crippen molar-refractivity contribution >= 4 is 11.6 Å². The molecule has 5 nitrogen and oxygen atoms in total. The van der Waals surface area contributed by atoms with Crippen molar-refractivity contribution in [2.75, 3.05) is 44.2 Å². The van der Waals surface area contributed by atoms with E-state index >= 15 is 0 Å². The van der Waals surface area contributed by atoms with E-state index in [0.717, 1.165) is 50.9 Å². The highest BCUT2D eigenvalue weighted by Gasteiger charge is 2.21. The SMILES string of the molecule is CCNC(=NCC(C)C)N1CCN(c2ccccc2O)CC1. The third-order valence-corrected chi connectivity index (χ3v) is 3.74. The number of benzene rings is 1. The van der Waals surface area contributed by atoms with Gasteiger partial charge in [-0.05, 0) is 25.0 Å². The van der Waals surface area contributed by atoms with Crippen molar-refractivity contribution in [1.82, 2.24) is 10.2 Å². The summed E-state index contributed by atoms with van der Waals surface area (Å²) in [4.78, 5) is 9.26. The number of hydrogen-bond donors (Lipinski definition) is 2. The molecule has 1 aromatic carbocycles.